The molecule has 3 aliphatic rings. The van der Waals surface area contributed by atoms with Crippen LogP contribution in [0.15, 0.2) is 23.4 Å². The first kappa shape index (κ1) is 13.7. The van der Waals surface area contributed by atoms with Crippen molar-refractivity contribution in [2.45, 2.75) is 51.5 Å². The summed E-state index contributed by atoms with van der Waals surface area (Å²) in [6.45, 7) is 2.09. The van der Waals surface area contributed by atoms with Gasteiger partial charge in [-0.05, 0) is 67.9 Å². The molecular weight excluding hydrogens is 254 g/mol. The quantitative estimate of drug-likeness (QED) is 0.724. The molecule has 0 aromatic rings. The Hall–Kier alpha value is -1.29. The summed E-state index contributed by atoms with van der Waals surface area (Å²) in [5, 5.41) is 12.7. The lowest BCUT2D eigenvalue weighted by Gasteiger charge is -2.38. The van der Waals surface area contributed by atoms with E-state index in [0.717, 1.165) is 29.4 Å². The highest BCUT2D eigenvalue weighted by atomic mass is 16.5. The first-order chi connectivity index (χ1) is 9.70. The van der Waals surface area contributed by atoms with Gasteiger partial charge in [0.25, 0.3) is 0 Å². The molecule has 0 saturated heterocycles. The number of esters is 1. The highest BCUT2D eigenvalue weighted by molar-refractivity contribution is 5.81. The van der Waals surface area contributed by atoms with Gasteiger partial charge in [0.2, 0.25) is 0 Å². The summed E-state index contributed by atoms with van der Waals surface area (Å²) in [4.78, 5) is 12.0. The molecule has 2 aliphatic carbocycles. The fourth-order valence-corrected chi connectivity index (χ4v) is 3.43. The van der Waals surface area contributed by atoms with Crippen molar-refractivity contribution in [2.75, 3.05) is 6.61 Å². The maximum atomic E-state index is 12.0. The molecule has 0 spiro atoms. The maximum absolute atomic E-state index is 12.0. The van der Waals surface area contributed by atoms with Crippen LogP contribution in [-0.4, -0.2) is 23.7 Å². The summed E-state index contributed by atoms with van der Waals surface area (Å²) in [5.74, 6) is 1.07. The molecule has 1 aliphatic heterocycles. The summed E-state index contributed by atoms with van der Waals surface area (Å²) in [6, 6.07) is -0.735. The summed E-state index contributed by atoms with van der Waals surface area (Å²) >= 11 is 0. The third-order valence-corrected chi connectivity index (χ3v) is 4.69. The van der Waals surface area contributed by atoms with Crippen LogP contribution < -0.4 is 0 Å². The molecule has 0 aromatic carbocycles. The number of allylic oxidation sites excluding steroid dienone is 2. The van der Waals surface area contributed by atoms with E-state index in [9.17, 15) is 10.0 Å². The number of nitrogens with zero attached hydrogens (tertiary/aromatic N) is 1. The number of carbonyl (C=O) groups excluding carboxylic acids is 1. The van der Waals surface area contributed by atoms with E-state index in [-0.39, 0.29) is 0 Å². The average molecular weight is 276 g/mol. The number of carbonyl (C=O) groups is 1. The Morgan fingerprint density at radius 2 is 2.20 bits per heavy atom. The Labute approximate surface area is 120 Å². The van der Waals surface area contributed by atoms with Crippen molar-refractivity contribution in [1.29, 1.82) is 0 Å². The lowest BCUT2D eigenvalue weighted by Crippen LogP contribution is -2.38. The van der Waals surface area contributed by atoms with Crippen molar-refractivity contribution in [1.82, 2.24) is 5.06 Å². The SMILES string of the molecule is CCOC(=O)C1C2=C(C=CN1[O-])[C@H](CCC1CC1)CC2. The Morgan fingerprint density at radius 1 is 1.40 bits per heavy atom. The predicted molar refractivity (Wildman–Crippen MR) is 76.5 cm³/mol. The lowest BCUT2D eigenvalue weighted by atomic mass is 9.92. The molecule has 20 heavy (non-hydrogen) atoms. The number of hydrogen-bond acceptors (Lipinski definition) is 4. The molecule has 0 aromatic heterocycles. The minimum atomic E-state index is -0.735. The second-order valence-corrected chi connectivity index (χ2v) is 6.07. The molecule has 4 heteroatoms. The molecule has 4 nitrogen and oxygen atoms in total. The van der Waals surface area contributed by atoms with Crippen molar-refractivity contribution < 1.29 is 9.53 Å². The average Bonchev–Trinajstić information content (AvgIpc) is 3.17. The van der Waals surface area contributed by atoms with Gasteiger partial charge < -0.3 is 15.0 Å². The zero-order chi connectivity index (χ0) is 14.1. The maximum Gasteiger partial charge on any atom is 0.332 e. The van der Waals surface area contributed by atoms with E-state index in [2.05, 4.69) is 0 Å². The summed E-state index contributed by atoms with van der Waals surface area (Å²) in [7, 11) is 0. The van der Waals surface area contributed by atoms with Crippen LogP contribution >= 0.6 is 0 Å². The zero-order valence-electron chi connectivity index (χ0n) is 12.0. The molecule has 1 saturated carbocycles. The van der Waals surface area contributed by atoms with Gasteiger partial charge in [-0.3, -0.25) is 0 Å². The molecule has 0 radical (unpaired) electrons. The summed E-state index contributed by atoms with van der Waals surface area (Å²) in [6.07, 6.45) is 10.6. The van der Waals surface area contributed by atoms with Crippen LogP contribution in [0.2, 0.25) is 0 Å². The van der Waals surface area contributed by atoms with Gasteiger partial charge in [-0.25, -0.2) is 4.79 Å². The molecule has 0 N–H and O–H groups in total. The van der Waals surface area contributed by atoms with E-state index >= 15 is 0 Å². The molecular formula is C16H22NO3-. The topological polar surface area (TPSA) is 52.6 Å². The standard InChI is InChI=1S/C16H22NO3/c1-2-20-16(18)15-14-8-7-12(6-5-11-3-4-11)13(14)9-10-17(15)19/h9-12,15H,2-8H2,1H3/q-1/t12-,15?/m1/s1. The van der Waals surface area contributed by atoms with Crippen LogP contribution in [0, 0.1) is 17.0 Å². The van der Waals surface area contributed by atoms with Gasteiger partial charge >= 0.3 is 5.97 Å². The van der Waals surface area contributed by atoms with Gasteiger partial charge in [-0.15, -0.1) is 0 Å². The highest BCUT2D eigenvalue weighted by Crippen LogP contribution is 2.43. The molecule has 0 amide bonds. The van der Waals surface area contributed by atoms with E-state index in [1.807, 2.05) is 6.08 Å². The van der Waals surface area contributed by atoms with E-state index < -0.39 is 12.0 Å². The second kappa shape index (κ2) is 5.60. The van der Waals surface area contributed by atoms with E-state index in [1.54, 1.807) is 6.92 Å². The van der Waals surface area contributed by atoms with Crippen molar-refractivity contribution in [3.05, 3.63) is 28.6 Å². The largest absolute Gasteiger partial charge is 0.758 e. The van der Waals surface area contributed by atoms with Crippen LogP contribution in [0.1, 0.15) is 45.4 Å². The zero-order valence-corrected chi connectivity index (χ0v) is 12.0. The monoisotopic (exact) mass is 276 g/mol. The smallest absolute Gasteiger partial charge is 0.332 e. The van der Waals surface area contributed by atoms with Gasteiger partial charge in [-0.2, -0.15) is 0 Å². The number of hydrogen-bond donors (Lipinski definition) is 0. The normalized spacial score (nSPS) is 28.8. The molecule has 0 bridgehead atoms. The third kappa shape index (κ3) is 2.62. The lowest BCUT2D eigenvalue weighted by molar-refractivity contribution is -0.146. The van der Waals surface area contributed by atoms with Gasteiger partial charge in [0, 0.05) is 0 Å². The Bertz CT molecular complexity index is 451. The van der Waals surface area contributed by atoms with Crippen molar-refractivity contribution in [3.8, 4) is 0 Å². The Kier molecular flexibility index (Phi) is 3.83. The first-order valence-electron chi connectivity index (χ1n) is 7.74. The van der Waals surface area contributed by atoms with Crippen molar-refractivity contribution in [3.63, 3.8) is 0 Å². The van der Waals surface area contributed by atoms with Gasteiger partial charge in [-0.1, -0.05) is 12.8 Å². The Balaban J connectivity index is 1.73. The van der Waals surface area contributed by atoms with Crippen LogP contribution in [0.5, 0.6) is 0 Å². The molecule has 2 atom stereocenters. The fourth-order valence-electron chi connectivity index (χ4n) is 3.43. The van der Waals surface area contributed by atoms with Gasteiger partial charge in [0.15, 0.2) is 0 Å². The first-order valence-corrected chi connectivity index (χ1v) is 7.74. The third-order valence-electron chi connectivity index (χ3n) is 4.69. The fraction of sp³-hybridized carbons (Fsp3) is 0.688. The van der Waals surface area contributed by atoms with E-state index in [0.29, 0.717) is 12.5 Å². The minimum Gasteiger partial charge on any atom is -0.758 e. The Morgan fingerprint density at radius 3 is 2.90 bits per heavy atom. The second-order valence-electron chi connectivity index (χ2n) is 6.07. The van der Waals surface area contributed by atoms with Crippen LogP contribution in [0.25, 0.3) is 0 Å². The summed E-state index contributed by atoms with van der Waals surface area (Å²) in [5.41, 5.74) is 2.23. The van der Waals surface area contributed by atoms with Crippen molar-refractivity contribution in [2.24, 2.45) is 11.8 Å². The molecule has 1 fully saturated rings. The van der Waals surface area contributed by atoms with E-state index in [4.69, 9.17) is 4.74 Å². The van der Waals surface area contributed by atoms with Crippen LogP contribution in [0.3, 0.4) is 0 Å². The molecule has 1 heterocycles. The van der Waals surface area contributed by atoms with Crippen LogP contribution in [0.4, 0.5) is 0 Å². The number of ether oxygens (including phenoxy) is 1. The molecule has 110 valence electrons. The van der Waals surface area contributed by atoms with E-state index in [1.165, 1.54) is 37.5 Å². The summed E-state index contributed by atoms with van der Waals surface area (Å²) < 4.78 is 5.05. The molecule has 1 unspecified atom stereocenters. The number of hydroxylamine groups is 2. The van der Waals surface area contributed by atoms with Gasteiger partial charge in [0.1, 0.15) is 6.04 Å². The van der Waals surface area contributed by atoms with Gasteiger partial charge in [0.05, 0.1) is 6.61 Å². The number of rotatable bonds is 5. The minimum absolute atomic E-state index is 0.320. The van der Waals surface area contributed by atoms with Crippen molar-refractivity contribution >= 4 is 5.97 Å². The molecule has 3 rings (SSSR count). The highest BCUT2D eigenvalue weighted by Gasteiger charge is 2.36. The van der Waals surface area contributed by atoms with Crippen LogP contribution in [-0.2, 0) is 9.53 Å². The predicted octanol–water partition coefficient (Wildman–Crippen LogP) is 3.14.